The van der Waals surface area contributed by atoms with Gasteiger partial charge in [-0.15, -0.1) is 0 Å². The van der Waals surface area contributed by atoms with Gasteiger partial charge in [-0.1, -0.05) is 31.4 Å². The van der Waals surface area contributed by atoms with Crippen molar-refractivity contribution in [2.24, 2.45) is 0 Å². The first-order valence-corrected chi connectivity index (χ1v) is 9.12. The predicted octanol–water partition coefficient (Wildman–Crippen LogP) is 6.34. The number of hydrogen-bond donors (Lipinski definition) is 0. The Bertz CT molecular complexity index is 815. The molecule has 0 aliphatic heterocycles. The summed E-state index contributed by atoms with van der Waals surface area (Å²) in [5.74, 6) is -2.03. The number of halogens is 3. The summed E-state index contributed by atoms with van der Waals surface area (Å²) >= 11 is 0. The predicted molar refractivity (Wildman–Crippen MR) is 101 cm³/mol. The molecule has 1 saturated carbocycles. The molecule has 1 aliphatic carbocycles. The molecule has 5 heteroatoms. The first kappa shape index (κ1) is 19.3. The summed E-state index contributed by atoms with van der Waals surface area (Å²) in [7, 11) is 3.23. The number of rotatable bonds is 5. The van der Waals surface area contributed by atoms with E-state index in [0.717, 1.165) is 41.5 Å². The number of ether oxygens (including phenoxy) is 2. The molecule has 0 unspecified atom stereocenters. The second kappa shape index (κ2) is 8.51. The van der Waals surface area contributed by atoms with Crippen LogP contribution < -0.4 is 9.47 Å². The fourth-order valence-electron chi connectivity index (χ4n) is 3.70. The van der Waals surface area contributed by atoms with Gasteiger partial charge in [0.15, 0.2) is 17.5 Å². The van der Waals surface area contributed by atoms with Crippen molar-refractivity contribution in [2.75, 3.05) is 14.2 Å². The first-order chi connectivity index (χ1) is 13.0. The Morgan fingerprint density at radius 3 is 2.07 bits per heavy atom. The fourth-order valence-corrected chi connectivity index (χ4v) is 3.70. The van der Waals surface area contributed by atoms with Crippen LogP contribution in [0.5, 0.6) is 11.5 Å². The zero-order valence-electron chi connectivity index (χ0n) is 15.5. The van der Waals surface area contributed by atoms with E-state index in [1.54, 1.807) is 20.3 Å². The molecule has 2 nitrogen and oxygen atoms in total. The van der Waals surface area contributed by atoms with E-state index in [9.17, 15) is 13.2 Å². The second-order valence-corrected chi connectivity index (χ2v) is 6.77. The van der Waals surface area contributed by atoms with Crippen molar-refractivity contribution in [3.8, 4) is 11.5 Å². The van der Waals surface area contributed by atoms with Crippen molar-refractivity contribution >= 4 is 12.2 Å². The van der Waals surface area contributed by atoms with E-state index in [0.29, 0.717) is 5.92 Å². The zero-order valence-corrected chi connectivity index (χ0v) is 15.5. The summed E-state index contributed by atoms with van der Waals surface area (Å²) in [6.45, 7) is 0. The third-order valence-electron chi connectivity index (χ3n) is 5.10. The summed E-state index contributed by atoms with van der Waals surface area (Å²) in [6.07, 6.45) is 8.87. The van der Waals surface area contributed by atoms with Crippen LogP contribution in [0, 0.1) is 17.5 Å². The van der Waals surface area contributed by atoms with E-state index in [1.165, 1.54) is 31.4 Å². The lowest BCUT2D eigenvalue weighted by atomic mass is 9.82. The van der Waals surface area contributed by atoms with Crippen LogP contribution in [0.1, 0.15) is 54.7 Å². The van der Waals surface area contributed by atoms with Crippen LogP contribution >= 0.6 is 0 Å². The lowest BCUT2D eigenvalue weighted by Gasteiger charge is -2.26. The Balaban J connectivity index is 1.96. The lowest BCUT2D eigenvalue weighted by molar-refractivity contribution is 0.359. The van der Waals surface area contributed by atoms with Gasteiger partial charge in [-0.3, -0.25) is 0 Å². The molecule has 1 aliphatic rings. The third-order valence-corrected chi connectivity index (χ3v) is 5.10. The molecule has 2 aromatic rings. The summed E-state index contributed by atoms with van der Waals surface area (Å²) in [4.78, 5) is 0. The highest BCUT2D eigenvalue weighted by atomic mass is 19.2. The molecule has 0 heterocycles. The van der Waals surface area contributed by atoms with Crippen LogP contribution in [0.4, 0.5) is 13.2 Å². The molecule has 0 radical (unpaired) electrons. The maximum atomic E-state index is 13.8. The maximum Gasteiger partial charge on any atom is 0.195 e. The summed E-state index contributed by atoms with van der Waals surface area (Å²) in [5, 5.41) is 0. The van der Waals surface area contributed by atoms with Crippen molar-refractivity contribution < 1.29 is 22.6 Å². The molecule has 0 N–H and O–H groups in total. The molecule has 2 aromatic carbocycles. The van der Waals surface area contributed by atoms with Gasteiger partial charge >= 0.3 is 0 Å². The highest BCUT2D eigenvalue weighted by molar-refractivity contribution is 5.72. The van der Waals surface area contributed by atoms with Crippen LogP contribution in [0.3, 0.4) is 0 Å². The van der Waals surface area contributed by atoms with E-state index in [-0.39, 0.29) is 5.56 Å². The summed E-state index contributed by atoms with van der Waals surface area (Å²) in [5.41, 5.74) is 1.77. The van der Waals surface area contributed by atoms with E-state index in [4.69, 9.17) is 9.47 Å². The van der Waals surface area contributed by atoms with Crippen molar-refractivity contribution in [1.82, 2.24) is 0 Å². The van der Waals surface area contributed by atoms with Gasteiger partial charge in [0, 0.05) is 11.1 Å². The summed E-state index contributed by atoms with van der Waals surface area (Å²) in [6, 6.07) is 5.84. The molecular weight excluding hydrogens is 353 g/mol. The molecule has 0 aromatic heterocycles. The standard InChI is InChI=1S/C22H23F3O2/c1-26-18-12-14(8-9-16-10-11-17(23)22(25)21(16)24)13-19(27-2)20(18)15-6-4-3-5-7-15/h8-13,15H,3-7H2,1-2H3. The minimum absolute atomic E-state index is 0.0248. The van der Waals surface area contributed by atoms with Gasteiger partial charge in [-0.2, -0.15) is 0 Å². The molecule has 144 valence electrons. The summed E-state index contributed by atoms with van der Waals surface area (Å²) < 4.78 is 51.5. The normalized spacial score (nSPS) is 15.3. The molecular formula is C22H23F3O2. The monoisotopic (exact) mass is 376 g/mol. The molecule has 0 saturated heterocycles. The van der Waals surface area contributed by atoms with Crippen molar-refractivity contribution in [2.45, 2.75) is 38.0 Å². The van der Waals surface area contributed by atoms with Crippen molar-refractivity contribution in [3.63, 3.8) is 0 Å². The van der Waals surface area contributed by atoms with Gasteiger partial charge in [0.2, 0.25) is 0 Å². The highest BCUT2D eigenvalue weighted by Crippen LogP contribution is 2.43. The minimum atomic E-state index is -1.47. The third kappa shape index (κ3) is 4.12. The van der Waals surface area contributed by atoms with Gasteiger partial charge in [-0.25, -0.2) is 13.2 Å². The van der Waals surface area contributed by atoms with Gasteiger partial charge in [0.05, 0.1) is 14.2 Å². The van der Waals surface area contributed by atoms with Crippen LogP contribution in [-0.2, 0) is 0 Å². The Labute approximate surface area is 157 Å². The van der Waals surface area contributed by atoms with E-state index in [2.05, 4.69) is 0 Å². The van der Waals surface area contributed by atoms with Crippen LogP contribution in [-0.4, -0.2) is 14.2 Å². The topological polar surface area (TPSA) is 18.5 Å². The second-order valence-electron chi connectivity index (χ2n) is 6.77. The average molecular weight is 376 g/mol. The highest BCUT2D eigenvalue weighted by Gasteiger charge is 2.23. The number of methoxy groups -OCH3 is 2. The van der Waals surface area contributed by atoms with Gasteiger partial charge < -0.3 is 9.47 Å². The van der Waals surface area contributed by atoms with Crippen molar-refractivity contribution in [3.05, 3.63) is 58.4 Å². The van der Waals surface area contributed by atoms with E-state index >= 15 is 0 Å². The Morgan fingerprint density at radius 2 is 1.48 bits per heavy atom. The van der Waals surface area contributed by atoms with Gasteiger partial charge in [0.25, 0.3) is 0 Å². The SMILES string of the molecule is COc1cc(C=Cc2ccc(F)c(F)c2F)cc(OC)c1C1CCCCC1. The van der Waals surface area contributed by atoms with E-state index in [1.807, 2.05) is 12.1 Å². The largest absolute Gasteiger partial charge is 0.496 e. The quantitative estimate of drug-likeness (QED) is 0.448. The zero-order chi connectivity index (χ0) is 19.4. The smallest absolute Gasteiger partial charge is 0.195 e. The average Bonchev–Trinajstić information content (AvgIpc) is 2.71. The first-order valence-electron chi connectivity index (χ1n) is 9.12. The molecule has 27 heavy (non-hydrogen) atoms. The van der Waals surface area contributed by atoms with Crippen LogP contribution in [0.15, 0.2) is 24.3 Å². The number of hydrogen-bond acceptors (Lipinski definition) is 2. The molecule has 0 atom stereocenters. The molecule has 3 rings (SSSR count). The van der Waals surface area contributed by atoms with E-state index < -0.39 is 17.5 Å². The lowest BCUT2D eigenvalue weighted by Crippen LogP contribution is -2.08. The van der Waals surface area contributed by atoms with Crippen LogP contribution in [0.25, 0.3) is 12.2 Å². The van der Waals surface area contributed by atoms with Gasteiger partial charge in [-0.05, 0) is 48.6 Å². The Kier molecular flexibility index (Phi) is 6.09. The maximum absolute atomic E-state index is 13.8. The van der Waals surface area contributed by atoms with Crippen molar-refractivity contribution in [1.29, 1.82) is 0 Å². The number of benzene rings is 2. The minimum Gasteiger partial charge on any atom is -0.496 e. The Morgan fingerprint density at radius 1 is 0.852 bits per heavy atom. The molecule has 0 bridgehead atoms. The fraction of sp³-hybridized carbons (Fsp3) is 0.364. The molecule has 0 spiro atoms. The molecule has 0 amide bonds. The molecule has 1 fully saturated rings. The Hall–Kier alpha value is -2.43. The van der Waals surface area contributed by atoms with Gasteiger partial charge in [0.1, 0.15) is 11.5 Å². The van der Waals surface area contributed by atoms with Crippen LogP contribution in [0.2, 0.25) is 0 Å².